The first-order valence-electron chi connectivity index (χ1n) is 7.52. The van der Waals surface area contributed by atoms with Crippen LogP contribution in [-0.4, -0.2) is 29.8 Å². The topological polar surface area (TPSA) is 49.4 Å². The van der Waals surface area contributed by atoms with E-state index >= 15 is 0 Å². The highest BCUT2D eigenvalue weighted by atomic mass is 16.2. The van der Waals surface area contributed by atoms with E-state index in [1.165, 1.54) is 6.08 Å². The Kier molecular flexibility index (Phi) is 7.68. The van der Waals surface area contributed by atoms with Crippen LogP contribution >= 0.6 is 0 Å². The van der Waals surface area contributed by atoms with Crippen LogP contribution in [0.25, 0.3) is 0 Å². The summed E-state index contributed by atoms with van der Waals surface area (Å²) in [4.78, 5) is 25.8. The molecule has 0 aliphatic rings. The number of carbonyl (C=O) groups excluding carboxylic acids is 2. The lowest BCUT2D eigenvalue weighted by Crippen LogP contribution is -2.37. The highest BCUT2D eigenvalue weighted by Gasteiger charge is 2.14. The fraction of sp³-hybridized carbons (Fsp3) is 0.333. The first-order chi connectivity index (χ1) is 10.6. The molecule has 0 spiro atoms. The van der Waals surface area contributed by atoms with Crippen molar-refractivity contribution in [3.63, 3.8) is 0 Å². The zero-order chi connectivity index (χ0) is 16.4. The smallest absolute Gasteiger partial charge is 0.247 e. The molecule has 0 radical (unpaired) electrons. The van der Waals surface area contributed by atoms with Gasteiger partial charge in [-0.15, -0.1) is 0 Å². The van der Waals surface area contributed by atoms with Crippen molar-refractivity contribution in [2.24, 2.45) is 0 Å². The zero-order valence-corrected chi connectivity index (χ0v) is 13.5. The van der Waals surface area contributed by atoms with Gasteiger partial charge < -0.3 is 10.2 Å². The Balaban J connectivity index is 2.68. The van der Waals surface area contributed by atoms with Gasteiger partial charge in [0, 0.05) is 18.3 Å². The molecule has 0 saturated heterocycles. The largest absolute Gasteiger partial charge is 0.330 e. The third-order valence-corrected chi connectivity index (χ3v) is 3.10. The number of hydrogen-bond donors (Lipinski definition) is 1. The molecular formula is C18H24N2O2. The van der Waals surface area contributed by atoms with Crippen LogP contribution in [0.4, 0.5) is 5.69 Å². The van der Waals surface area contributed by atoms with Gasteiger partial charge >= 0.3 is 0 Å². The van der Waals surface area contributed by atoms with E-state index in [1.807, 2.05) is 51.1 Å². The summed E-state index contributed by atoms with van der Waals surface area (Å²) in [7, 11) is 0. The van der Waals surface area contributed by atoms with E-state index in [-0.39, 0.29) is 18.4 Å². The van der Waals surface area contributed by atoms with Crippen molar-refractivity contribution in [1.29, 1.82) is 0 Å². The average Bonchev–Trinajstić information content (AvgIpc) is 2.49. The predicted molar refractivity (Wildman–Crippen MR) is 90.6 cm³/mol. The molecule has 0 fully saturated rings. The van der Waals surface area contributed by atoms with Gasteiger partial charge in [0.1, 0.15) is 6.54 Å². The normalized spacial score (nSPS) is 11.0. The van der Waals surface area contributed by atoms with Crippen molar-refractivity contribution in [3.05, 3.63) is 54.1 Å². The van der Waals surface area contributed by atoms with Crippen LogP contribution in [0.15, 0.2) is 48.6 Å². The van der Waals surface area contributed by atoms with Gasteiger partial charge in [-0.2, -0.15) is 0 Å². The molecule has 1 rings (SSSR count). The molecule has 4 heteroatoms. The number of nitrogens with one attached hydrogen (secondary N) is 1. The first kappa shape index (κ1) is 17.7. The molecule has 1 N–H and O–H groups in total. The maximum absolute atomic E-state index is 12.1. The van der Waals surface area contributed by atoms with Crippen LogP contribution in [0.2, 0.25) is 0 Å². The summed E-state index contributed by atoms with van der Waals surface area (Å²) in [6.07, 6.45) is 7.61. The molecule has 0 saturated carbocycles. The van der Waals surface area contributed by atoms with E-state index < -0.39 is 0 Å². The molecule has 0 atom stereocenters. The minimum atomic E-state index is -0.185. The third kappa shape index (κ3) is 5.95. The molecule has 0 aliphatic heterocycles. The lowest BCUT2D eigenvalue weighted by Gasteiger charge is -2.20. The number of rotatable bonds is 7. The van der Waals surface area contributed by atoms with Gasteiger partial charge in [0.2, 0.25) is 11.8 Å². The predicted octanol–water partition coefficient (Wildman–Crippen LogP) is 3.30. The van der Waals surface area contributed by atoms with Gasteiger partial charge in [0.05, 0.1) is 0 Å². The Morgan fingerprint density at radius 1 is 1.23 bits per heavy atom. The van der Waals surface area contributed by atoms with Gasteiger partial charge in [-0.1, -0.05) is 43.4 Å². The fourth-order valence-corrected chi connectivity index (χ4v) is 1.97. The van der Waals surface area contributed by atoms with Crippen LogP contribution in [0.3, 0.4) is 0 Å². The highest BCUT2D eigenvalue weighted by Crippen LogP contribution is 2.13. The van der Waals surface area contributed by atoms with Crippen LogP contribution < -0.4 is 5.32 Å². The minimum absolute atomic E-state index is 0.0567. The van der Waals surface area contributed by atoms with E-state index in [0.717, 1.165) is 17.7 Å². The summed E-state index contributed by atoms with van der Waals surface area (Å²) in [6.45, 7) is 6.41. The molecule has 1 aromatic rings. The summed E-state index contributed by atoms with van der Waals surface area (Å²) in [5.74, 6) is -0.338. The molecule has 0 aliphatic carbocycles. The van der Waals surface area contributed by atoms with Crippen LogP contribution in [-0.2, 0) is 9.59 Å². The summed E-state index contributed by atoms with van der Waals surface area (Å²) < 4.78 is 0. The van der Waals surface area contributed by atoms with Crippen molar-refractivity contribution in [2.75, 3.05) is 18.4 Å². The first-order valence-corrected chi connectivity index (χ1v) is 7.52. The number of carbonyl (C=O) groups is 2. The molecule has 118 valence electrons. The second-order valence-corrected chi connectivity index (χ2v) is 5.01. The number of aryl methyl sites for hydroxylation is 1. The molecule has 0 unspecified atom stereocenters. The van der Waals surface area contributed by atoms with E-state index in [9.17, 15) is 9.59 Å². The lowest BCUT2D eigenvalue weighted by atomic mass is 10.2. The second-order valence-electron chi connectivity index (χ2n) is 5.01. The van der Waals surface area contributed by atoms with Gasteiger partial charge in [-0.25, -0.2) is 0 Å². The maximum atomic E-state index is 12.1. The minimum Gasteiger partial charge on any atom is -0.330 e. The summed E-state index contributed by atoms with van der Waals surface area (Å²) in [5.41, 5.74) is 1.78. The lowest BCUT2D eigenvalue weighted by molar-refractivity contribution is -0.130. The zero-order valence-electron chi connectivity index (χ0n) is 13.5. The Morgan fingerprint density at radius 2 is 1.95 bits per heavy atom. The maximum Gasteiger partial charge on any atom is 0.247 e. The van der Waals surface area contributed by atoms with E-state index in [0.29, 0.717) is 6.54 Å². The van der Waals surface area contributed by atoms with Crippen molar-refractivity contribution >= 4 is 17.5 Å². The van der Waals surface area contributed by atoms with Crippen LogP contribution in [0, 0.1) is 6.92 Å². The summed E-state index contributed by atoms with van der Waals surface area (Å²) in [6, 6.07) is 7.58. The van der Waals surface area contributed by atoms with Gasteiger partial charge in [-0.05, 0) is 31.9 Å². The molecule has 0 bridgehead atoms. The molecule has 4 nitrogen and oxygen atoms in total. The Bertz CT molecular complexity index is 562. The number of amides is 2. The molecule has 0 heterocycles. The molecule has 22 heavy (non-hydrogen) atoms. The number of para-hydroxylation sites is 1. The fourth-order valence-electron chi connectivity index (χ4n) is 1.97. The SMILES string of the molecule is C/C=C/C=C/C(=O)N(CCC)CC(=O)Nc1ccccc1C. The number of anilines is 1. The average molecular weight is 300 g/mol. The second kappa shape index (κ2) is 9.55. The van der Waals surface area contributed by atoms with Gasteiger partial charge in [0.15, 0.2) is 0 Å². The quantitative estimate of drug-likeness (QED) is 0.620. The standard InChI is InChI=1S/C18H24N2O2/c1-4-6-7-12-18(22)20(13-5-2)14-17(21)19-16-11-9-8-10-15(16)3/h4,6-12H,5,13-14H2,1-3H3,(H,19,21)/b6-4+,12-7+. The van der Waals surface area contributed by atoms with Crippen molar-refractivity contribution < 1.29 is 9.59 Å². The number of benzene rings is 1. The number of nitrogens with zero attached hydrogens (tertiary/aromatic N) is 1. The van der Waals surface area contributed by atoms with Crippen molar-refractivity contribution in [2.45, 2.75) is 27.2 Å². The summed E-state index contributed by atoms with van der Waals surface area (Å²) >= 11 is 0. The van der Waals surface area contributed by atoms with Crippen LogP contribution in [0.1, 0.15) is 25.8 Å². The van der Waals surface area contributed by atoms with Crippen molar-refractivity contribution in [1.82, 2.24) is 4.90 Å². The molecule has 0 aromatic heterocycles. The van der Waals surface area contributed by atoms with Crippen LogP contribution in [0.5, 0.6) is 0 Å². The third-order valence-electron chi connectivity index (χ3n) is 3.10. The van der Waals surface area contributed by atoms with Gasteiger partial charge in [-0.3, -0.25) is 9.59 Å². The Hall–Kier alpha value is -2.36. The molecular weight excluding hydrogens is 276 g/mol. The van der Waals surface area contributed by atoms with E-state index in [1.54, 1.807) is 17.1 Å². The number of hydrogen-bond acceptors (Lipinski definition) is 2. The van der Waals surface area contributed by atoms with Gasteiger partial charge in [0.25, 0.3) is 0 Å². The molecule has 2 amide bonds. The Morgan fingerprint density at radius 3 is 2.59 bits per heavy atom. The Labute approximate surface area is 132 Å². The van der Waals surface area contributed by atoms with E-state index in [2.05, 4.69) is 5.32 Å². The highest BCUT2D eigenvalue weighted by molar-refractivity contribution is 5.97. The summed E-state index contributed by atoms with van der Waals surface area (Å²) in [5, 5.41) is 2.85. The number of allylic oxidation sites excluding steroid dienone is 3. The molecule has 1 aromatic carbocycles. The monoisotopic (exact) mass is 300 g/mol. The van der Waals surface area contributed by atoms with E-state index in [4.69, 9.17) is 0 Å². The van der Waals surface area contributed by atoms with Crippen molar-refractivity contribution in [3.8, 4) is 0 Å².